The average molecular weight is 526 g/mol. The molecule has 1 aliphatic carbocycles. The molecule has 0 saturated heterocycles. The van der Waals surface area contributed by atoms with Crippen LogP contribution in [0.5, 0.6) is 11.5 Å². The first-order valence-corrected chi connectivity index (χ1v) is 13.0. The molecule has 35 heavy (non-hydrogen) atoms. The molecule has 0 spiro atoms. The van der Waals surface area contributed by atoms with Crippen LogP contribution >= 0.6 is 24.8 Å². The van der Waals surface area contributed by atoms with E-state index in [4.69, 9.17) is 9.47 Å². The van der Waals surface area contributed by atoms with E-state index in [-0.39, 0.29) is 24.8 Å². The van der Waals surface area contributed by atoms with Crippen LogP contribution in [0.3, 0.4) is 0 Å². The number of ether oxygens (including phenoxy) is 2. The molecule has 0 heterocycles. The van der Waals surface area contributed by atoms with E-state index in [2.05, 4.69) is 47.5 Å². The van der Waals surface area contributed by atoms with Gasteiger partial charge in [-0.05, 0) is 106 Å². The zero-order chi connectivity index (χ0) is 23.3. The van der Waals surface area contributed by atoms with Crippen LogP contribution in [0.15, 0.2) is 42.5 Å². The summed E-state index contributed by atoms with van der Waals surface area (Å²) in [6.45, 7) is 6.94. The van der Waals surface area contributed by atoms with Crippen molar-refractivity contribution < 1.29 is 9.47 Å². The molecule has 3 rings (SSSR count). The van der Waals surface area contributed by atoms with Crippen molar-refractivity contribution in [3.05, 3.63) is 59.2 Å². The van der Waals surface area contributed by atoms with Crippen molar-refractivity contribution in [2.24, 2.45) is 0 Å². The first kappa shape index (κ1) is 31.6. The van der Waals surface area contributed by atoms with Gasteiger partial charge >= 0.3 is 0 Å². The van der Waals surface area contributed by atoms with E-state index in [9.17, 15) is 0 Å². The number of nitrogens with one attached hydrogen (secondary N) is 1. The van der Waals surface area contributed by atoms with Gasteiger partial charge in [0.2, 0.25) is 0 Å². The van der Waals surface area contributed by atoms with Crippen LogP contribution < -0.4 is 14.8 Å². The fourth-order valence-electron chi connectivity index (χ4n) is 5.09. The molecule has 0 aromatic heterocycles. The topological polar surface area (TPSA) is 33.7 Å². The molecule has 0 amide bonds. The largest absolute Gasteiger partial charge is 0.497 e. The Morgan fingerprint density at radius 2 is 1.66 bits per heavy atom. The van der Waals surface area contributed by atoms with E-state index >= 15 is 0 Å². The third-order valence-electron chi connectivity index (χ3n) is 6.96. The van der Waals surface area contributed by atoms with Crippen molar-refractivity contribution in [2.45, 2.75) is 70.8 Å². The van der Waals surface area contributed by atoms with E-state index in [0.29, 0.717) is 6.04 Å². The first-order valence-electron chi connectivity index (χ1n) is 13.0. The smallest absolute Gasteiger partial charge is 0.122 e. The maximum atomic E-state index is 5.59. The molecule has 1 N–H and O–H groups in total. The van der Waals surface area contributed by atoms with Crippen molar-refractivity contribution in [3.63, 3.8) is 0 Å². The number of hydrogen-bond acceptors (Lipinski definition) is 4. The Labute approximate surface area is 226 Å². The van der Waals surface area contributed by atoms with Crippen molar-refractivity contribution in [1.29, 1.82) is 0 Å². The summed E-state index contributed by atoms with van der Waals surface area (Å²) in [4.78, 5) is 2.76. The predicted octanol–water partition coefficient (Wildman–Crippen LogP) is 6.51. The standard InChI is InChI=1S/C29H44N2O2.2ClH/c1-4-21-31(26-14-17-28-25(23-26)10-9-11-29(28)33-3)22-8-6-5-7-19-30-20-18-24-12-15-27(32-2)16-13-24;;/h9-13,15-16,26,30H,4-8,14,17-23H2,1-3H3;2*1H/t26-;;/m0../s1. The summed E-state index contributed by atoms with van der Waals surface area (Å²) in [5, 5.41) is 3.60. The maximum absolute atomic E-state index is 5.59. The number of fused-ring (bicyclic) bond motifs is 1. The van der Waals surface area contributed by atoms with E-state index in [0.717, 1.165) is 37.4 Å². The third-order valence-corrected chi connectivity index (χ3v) is 6.96. The molecule has 0 saturated carbocycles. The molecule has 0 unspecified atom stereocenters. The highest BCUT2D eigenvalue weighted by molar-refractivity contribution is 5.85. The Hall–Kier alpha value is -1.46. The van der Waals surface area contributed by atoms with Crippen molar-refractivity contribution in [1.82, 2.24) is 10.2 Å². The van der Waals surface area contributed by atoms with Gasteiger partial charge in [-0.1, -0.05) is 44.0 Å². The average Bonchev–Trinajstić information content (AvgIpc) is 2.86. The molecule has 0 bridgehead atoms. The molecule has 2 aromatic carbocycles. The van der Waals surface area contributed by atoms with Gasteiger partial charge in [-0.25, -0.2) is 0 Å². The highest BCUT2D eigenvalue weighted by atomic mass is 35.5. The summed E-state index contributed by atoms with van der Waals surface area (Å²) in [6.07, 6.45) is 11.1. The quantitative estimate of drug-likeness (QED) is 0.269. The summed E-state index contributed by atoms with van der Waals surface area (Å²) in [5.41, 5.74) is 4.29. The second kappa shape index (κ2) is 17.9. The van der Waals surface area contributed by atoms with Gasteiger partial charge in [0, 0.05) is 6.04 Å². The van der Waals surface area contributed by atoms with Gasteiger partial charge in [0.25, 0.3) is 0 Å². The Morgan fingerprint density at radius 3 is 2.37 bits per heavy atom. The molecule has 0 radical (unpaired) electrons. The van der Waals surface area contributed by atoms with Crippen molar-refractivity contribution in [2.75, 3.05) is 40.4 Å². The van der Waals surface area contributed by atoms with Crippen LogP contribution in [0, 0.1) is 0 Å². The van der Waals surface area contributed by atoms with Crippen LogP contribution in [0.1, 0.15) is 62.1 Å². The number of benzene rings is 2. The molecule has 0 fully saturated rings. The van der Waals surface area contributed by atoms with E-state index in [1.54, 1.807) is 14.2 Å². The molecule has 4 nitrogen and oxygen atoms in total. The zero-order valence-electron chi connectivity index (χ0n) is 21.9. The molecule has 2 aromatic rings. The molecule has 198 valence electrons. The number of unbranched alkanes of at least 4 members (excludes halogenated alkanes) is 3. The minimum Gasteiger partial charge on any atom is -0.497 e. The fraction of sp³-hybridized carbons (Fsp3) is 0.586. The number of methoxy groups -OCH3 is 2. The Morgan fingerprint density at radius 1 is 0.886 bits per heavy atom. The third kappa shape index (κ3) is 10.2. The lowest BCUT2D eigenvalue weighted by Crippen LogP contribution is -2.40. The van der Waals surface area contributed by atoms with Crippen LogP contribution in [0.4, 0.5) is 0 Å². The van der Waals surface area contributed by atoms with Crippen LogP contribution in [-0.2, 0) is 19.3 Å². The van der Waals surface area contributed by atoms with Gasteiger partial charge in [0.05, 0.1) is 14.2 Å². The van der Waals surface area contributed by atoms with E-state index < -0.39 is 0 Å². The summed E-state index contributed by atoms with van der Waals surface area (Å²) < 4.78 is 10.8. The molecular formula is C29H46Cl2N2O2. The summed E-state index contributed by atoms with van der Waals surface area (Å²) >= 11 is 0. The predicted molar refractivity (Wildman–Crippen MR) is 153 cm³/mol. The van der Waals surface area contributed by atoms with Gasteiger partial charge < -0.3 is 19.7 Å². The Balaban J connectivity index is 0.00000306. The van der Waals surface area contributed by atoms with Crippen molar-refractivity contribution in [3.8, 4) is 11.5 Å². The van der Waals surface area contributed by atoms with Gasteiger partial charge in [0.15, 0.2) is 0 Å². The number of halogens is 2. The summed E-state index contributed by atoms with van der Waals surface area (Å²) in [6, 6.07) is 15.6. The minimum atomic E-state index is 0. The maximum Gasteiger partial charge on any atom is 0.122 e. The van der Waals surface area contributed by atoms with Crippen LogP contribution in [0.2, 0.25) is 0 Å². The van der Waals surface area contributed by atoms with Gasteiger partial charge in [-0.2, -0.15) is 0 Å². The molecule has 1 aliphatic rings. The Bertz CT molecular complexity index is 817. The SMILES string of the molecule is CCCN(CCCCCCNCCc1ccc(OC)cc1)[C@H]1CCc2c(cccc2OC)C1.Cl.Cl. The van der Waals surface area contributed by atoms with Crippen LogP contribution in [0.25, 0.3) is 0 Å². The lowest BCUT2D eigenvalue weighted by molar-refractivity contribution is 0.175. The summed E-state index contributed by atoms with van der Waals surface area (Å²) in [5.74, 6) is 2.00. The highest BCUT2D eigenvalue weighted by Crippen LogP contribution is 2.31. The second-order valence-corrected chi connectivity index (χ2v) is 9.29. The number of hydrogen-bond donors (Lipinski definition) is 1. The first-order chi connectivity index (χ1) is 16.2. The summed E-state index contributed by atoms with van der Waals surface area (Å²) in [7, 11) is 3.51. The lowest BCUT2D eigenvalue weighted by atomic mass is 9.86. The van der Waals surface area contributed by atoms with E-state index in [1.165, 1.54) is 74.7 Å². The Kier molecular flexibility index (Phi) is 16.1. The molecule has 6 heteroatoms. The molecule has 0 aliphatic heterocycles. The second-order valence-electron chi connectivity index (χ2n) is 9.29. The monoisotopic (exact) mass is 524 g/mol. The molecule has 1 atom stereocenters. The minimum absolute atomic E-state index is 0. The lowest BCUT2D eigenvalue weighted by Gasteiger charge is -2.35. The highest BCUT2D eigenvalue weighted by Gasteiger charge is 2.25. The molecular weight excluding hydrogens is 479 g/mol. The van der Waals surface area contributed by atoms with Crippen molar-refractivity contribution >= 4 is 24.8 Å². The zero-order valence-corrected chi connectivity index (χ0v) is 23.5. The van der Waals surface area contributed by atoms with Gasteiger partial charge in [0.1, 0.15) is 11.5 Å². The van der Waals surface area contributed by atoms with Crippen LogP contribution in [-0.4, -0.2) is 51.3 Å². The number of rotatable bonds is 15. The van der Waals surface area contributed by atoms with E-state index in [1.807, 2.05) is 12.1 Å². The normalized spacial score (nSPS) is 14.6. The number of nitrogens with zero attached hydrogens (tertiary/aromatic N) is 1. The van der Waals surface area contributed by atoms with Gasteiger partial charge in [-0.3, -0.25) is 0 Å². The van der Waals surface area contributed by atoms with Gasteiger partial charge in [-0.15, -0.1) is 24.8 Å². The fourth-order valence-corrected chi connectivity index (χ4v) is 5.09.